The Morgan fingerprint density at radius 1 is 1.16 bits per heavy atom. The highest BCUT2D eigenvalue weighted by molar-refractivity contribution is 7.89. The van der Waals surface area contributed by atoms with E-state index in [2.05, 4.69) is 5.32 Å². The lowest BCUT2D eigenvalue weighted by atomic mass is 9.95. The predicted molar refractivity (Wildman–Crippen MR) is 117 cm³/mol. The van der Waals surface area contributed by atoms with Crippen LogP contribution in [0.1, 0.15) is 22.5 Å². The summed E-state index contributed by atoms with van der Waals surface area (Å²) in [6, 6.07) is 9.15. The quantitative estimate of drug-likeness (QED) is 0.666. The first-order valence-corrected chi connectivity index (χ1v) is 12.1. The second kappa shape index (κ2) is 9.58. The topological polar surface area (TPSA) is 130 Å². The predicted octanol–water partition coefficient (Wildman–Crippen LogP) is 1.34. The van der Waals surface area contributed by atoms with Gasteiger partial charge in [0.05, 0.1) is 16.3 Å². The van der Waals surface area contributed by atoms with Gasteiger partial charge in [0.2, 0.25) is 21.8 Å². The fourth-order valence-electron chi connectivity index (χ4n) is 3.33. The molecule has 11 heteroatoms. The Kier molecular flexibility index (Phi) is 7.08. The molecule has 3 N–H and O–H groups in total. The van der Waals surface area contributed by atoms with E-state index in [0.717, 1.165) is 0 Å². The van der Waals surface area contributed by atoms with Gasteiger partial charge >= 0.3 is 0 Å². The van der Waals surface area contributed by atoms with Crippen molar-refractivity contribution in [2.75, 3.05) is 32.0 Å². The molecule has 0 bridgehead atoms. The van der Waals surface area contributed by atoms with Crippen molar-refractivity contribution in [1.29, 1.82) is 0 Å². The Balaban J connectivity index is 1.48. The Hall–Kier alpha value is -2.76. The van der Waals surface area contributed by atoms with Gasteiger partial charge in [0, 0.05) is 31.7 Å². The van der Waals surface area contributed by atoms with Crippen LogP contribution in [-0.4, -0.2) is 62.6 Å². The smallest absolute Gasteiger partial charge is 0.264 e. The van der Waals surface area contributed by atoms with Crippen LogP contribution in [0.4, 0.5) is 5.69 Å². The van der Waals surface area contributed by atoms with Gasteiger partial charge in [-0.15, -0.1) is 11.3 Å². The number of hydrogen-bond donors (Lipinski definition) is 2. The Morgan fingerprint density at radius 2 is 1.81 bits per heavy atom. The molecule has 0 atom stereocenters. The van der Waals surface area contributed by atoms with Gasteiger partial charge in [-0.3, -0.25) is 14.4 Å². The van der Waals surface area contributed by atoms with Gasteiger partial charge in [0.15, 0.2) is 0 Å². The summed E-state index contributed by atoms with van der Waals surface area (Å²) in [7, 11) is -2.19. The summed E-state index contributed by atoms with van der Waals surface area (Å²) in [6.07, 6.45) is 1.02. The van der Waals surface area contributed by atoms with Crippen molar-refractivity contribution in [2.24, 2.45) is 11.1 Å². The minimum absolute atomic E-state index is 0.00992. The van der Waals surface area contributed by atoms with Gasteiger partial charge in [-0.25, -0.2) is 13.6 Å². The number of benzene rings is 1. The number of primary sulfonamides is 1. The van der Waals surface area contributed by atoms with E-state index in [1.54, 1.807) is 24.1 Å². The van der Waals surface area contributed by atoms with Crippen LogP contribution in [0.15, 0.2) is 46.7 Å². The third-order valence-corrected chi connectivity index (χ3v) is 6.91. The lowest BCUT2D eigenvalue weighted by Gasteiger charge is -2.32. The van der Waals surface area contributed by atoms with Gasteiger partial charge in [-0.1, -0.05) is 6.07 Å². The van der Waals surface area contributed by atoms with Crippen LogP contribution in [0.3, 0.4) is 0 Å². The summed E-state index contributed by atoms with van der Waals surface area (Å²) in [5.74, 6) is -0.774. The number of nitrogens with two attached hydrogens (primary N) is 1. The minimum atomic E-state index is -3.78. The molecule has 2 heterocycles. The van der Waals surface area contributed by atoms with Crippen LogP contribution in [-0.2, 0) is 19.6 Å². The van der Waals surface area contributed by atoms with Crippen molar-refractivity contribution in [3.63, 3.8) is 0 Å². The first-order valence-electron chi connectivity index (χ1n) is 9.65. The fourth-order valence-corrected chi connectivity index (χ4v) is 4.56. The van der Waals surface area contributed by atoms with E-state index in [4.69, 9.17) is 5.14 Å². The second-order valence-electron chi connectivity index (χ2n) is 7.35. The van der Waals surface area contributed by atoms with Crippen molar-refractivity contribution in [2.45, 2.75) is 17.7 Å². The highest BCUT2D eigenvalue weighted by atomic mass is 32.2. The SMILES string of the molecule is CN(CC(=O)N1CCC(C(=O)Nc2ccc(S(N)(=O)=O)cc2)CC1)C(=O)c1cccs1. The molecule has 0 unspecified atom stereocenters. The van der Waals surface area contributed by atoms with E-state index < -0.39 is 10.0 Å². The van der Waals surface area contributed by atoms with Crippen LogP contribution in [0, 0.1) is 5.92 Å². The van der Waals surface area contributed by atoms with Crippen LogP contribution in [0.25, 0.3) is 0 Å². The van der Waals surface area contributed by atoms with Gasteiger partial charge in [-0.05, 0) is 48.6 Å². The van der Waals surface area contributed by atoms with E-state index in [9.17, 15) is 22.8 Å². The molecule has 0 aliphatic carbocycles. The number of likely N-dealkylation sites (tertiary alicyclic amines) is 1. The van der Waals surface area contributed by atoms with Crippen molar-refractivity contribution in [1.82, 2.24) is 9.80 Å². The molecular formula is C20H24N4O5S2. The number of thiophene rings is 1. The van der Waals surface area contributed by atoms with Gasteiger partial charge in [0.1, 0.15) is 0 Å². The van der Waals surface area contributed by atoms with Gasteiger partial charge in [0.25, 0.3) is 5.91 Å². The van der Waals surface area contributed by atoms with Crippen molar-refractivity contribution >= 4 is 44.8 Å². The van der Waals surface area contributed by atoms with Gasteiger partial charge < -0.3 is 15.1 Å². The van der Waals surface area contributed by atoms with E-state index in [1.807, 2.05) is 5.38 Å². The van der Waals surface area contributed by atoms with E-state index in [0.29, 0.717) is 36.5 Å². The number of nitrogens with zero attached hydrogens (tertiary/aromatic N) is 2. The van der Waals surface area contributed by atoms with Gasteiger partial charge in [-0.2, -0.15) is 0 Å². The number of nitrogens with one attached hydrogen (secondary N) is 1. The minimum Gasteiger partial charge on any atom is -0.341 e. The number of likely N-dealkylation sites (N-methyl/N-ethyl adjacent to an activating group) is 1. The molecule has 0 spiro atoms. The Labute approximate surface area is 184 Å². The molecule has 0 radical (unpaired) electrons. The van der Waals surface area contributed by atoms with Crippen molar-refractivity contribution < 1.29 is 22.8 Å². The average Bonchev–Trinajstić information content (AvgIpc) is 3.27. The molecule has 3 rings (SSSR count). The van der Waals surface area contributed by atoms with Crippen molar-refractivity contribution in [3.05, 3.63) is 46.7 Å². The molecule has 3 amide bonds. The summed E-state index contributed by atoms with van der Waals surface area (Å²) >= 11 is 1.33. The van der Waals surface area contributed by atoms with E-state index in [1.165, 1.54) is 40.5 Å². The molecule has 1 aliphatic heterocycles. The zero-order chi connectivity index (χ0) is 22.6. The zero-order valence-corrected chi connectivity index (χ0v) is 18.6. The number of carbonyl (C=O) groups is 3. The Bertz CT molecular complexity index is 1040. The van der Waals surface area contributed by atoms with Crippen LogP contribution >= 0.6 is 11.3 Å². The largest absolute Gasteiger partial charge is 0.341 e. The monoisotopic (exact) mass is 464 g/mol. The third-order valence-electron chi connectivity index (χ3n) is 5.12. The first kappa shape index (κ1) is 22.9. The standard InChI is InChI=1S/C20H24N4O5S2/c1-23(20(27)17-3-2-12-30-17)13-18(25)24-10-8-14(9-11-24)19(26)22-15-4-6-16(7-5-15)31(21,28)29/h2-7,12,14H,8-11,13H2,1H3,(H,22,26)(H2,21,28,29). The molecule has 1 aliphatic rings. The summed E-state index contributed by atoms with van der Waals surface area (Å²) in [6.45, 7) is 0.856. The van der Waals surface area contributed by atoms with Crippen LogP contribution in [0.2, 0.25) is 0 Å². The summed E-state index contributed by atoms with van der Waals surface area (Å²) in [4.78, 5) is 41.0. The van der Waals surface area contributed by atoms with Crippen LogP contribution < -0.4 is 10.5 Å². The number of rotatable bonds is 6. The summed E-state index contributed by atoms with van der Waals surface area (Å²) in [5.41, 5.74) is 0.477. The number of carbonyl (C=O) groups excluding carboxylic acids is 3. The molecule has 1 fully saturated rings. The highest BCUT2D eigenvalue weighted by Crippen LogP contribution is 2.21. The maximum absolute atomic E-state index is 12.5. The third kappa shape index (κ3) is 5.90. The van der Waals surface area contributed by atoms with E-state index in [-0.39, 0.29) is 35.1 Å². The molecule has 1 aromatic heterocycles. The fraction of sp³-hybridized carbons (Fsp3) is 0.350. The number of piperidine rings is 1. The number of sulfonamides is 1. The van der Waals surface area contributed by atoms with E-state index >= 15 is 0 Å². The lowest BCUT2D eigenvalue weighted by molar-refractivity contribution is -0.134. The second-order valence-corrected chi connectivity index (χ2v) is 9.86. The maximum atomic E-state index is 12.5. The molecule has 1 aromatic carbocycles. The molecule has 9 nitrogen and oxygen atoms in total. The van der Waals surface area contributed by atoms with Crippen LogP contribution in [0.5, 0.6) is 0 Å². The molecule has 31 heavy (non-hydrogen) atoms. The molecule has 2 aromatic rings. The number of hydrogen-bond acceptors (Lipinski definition) is 6. The summed E-state index contributed by atoms with van der Waals surface area (Å²) < 4.78 is 22.6. The highest BCUT2D eigenvalue weighted by Gasteiger charge is 2.28. The summed E-state index contributed by atoms with van der Waals surface area (Å²) in [5, 5.41) is 9.65. The van der Waals surface area contributed by atoms with Crippen molar-refractivity contribution in [3.8, 4) is 0 Å². The normalized spacial score (nSPS) is 14.8. The molecule has 1 saturated heterocycles. The number of anilines is 1. The molecular weight excluding hydrogens is 440 g/mol. The first-order chi connectivity index (χ1) is 14.6. The number of amides is 3. The molecule has 166 valence electrons. The Morgan fingerprint density at radius 3 is 2.35 bits per heavy atom. The average molecular weight is 465 g/mol. The maximum Gasteiger partial charge on any atom is 0.264 e. The molecule has 0 saturated carbocycles. The zero-order valence-electron chi connectivity index (χ0n) is 17.0. The lowest BCUT2D eigenvalue weighted by Crippen LogP contribution is -2.46.